The maximum atomic E-state index is 12.3. The summed E-state index contributed by atoms with van der Waals surface area (Å²) in [5.41, 5.74) is 7.79. The number of piperidine rings is 1. The third-order valence-corrected chi connectivity index (χ3v) is 3.73. The van der Waals surface area contributed by atoms with E-state index in [2.05, 4.69) is 5.32 Å². The van der Waals surface area contributed by atoms with E-state index in [1.165, 1.54) is 4.90 Å². The zero-order valence-corrected chi connectivity index (χ0v) is 10.3. The molecule has 2 aliphatic heterocycles. The van der Waals surface area contributed by atoms with E-state index in [0.29, 0.717) is 30.6 Å². The predicted octanol–water partition coefficient (Wildman–Crippen LogP) is -0.178. The van der Waals surface area contributed by atoms with Crippen LogP contribution in [0.15, 0.2) is 18.2 Å². The van der Waals surface area contributed by atoms with E-state index >= 15 is 0 Å². The SMILES string of the molecule is Nc1cccc2c1CN(C1CCC(O)NC1=O)C2=O. The molecule has 0 aromatic heterocycles. The summed E-state index contributed by atoms with van der Waals surface area (Å²) in [5.74, 6) is -0.475. The molecule has 1 saturated heterocycles. The van der Waals surface area contributed by atoms with Crippen LogP contribution in [0.25, 0.3) is 0 Å². The fourth-order valence-corrected chi connectivity index (χ4v) is 2.71. The molecule has 19 heavy (non-hydrogen) atoms. The summed E-state index contributed by atoms with van der Waals surface area (Å²) in [5, 5.41) is 11.8. The van der Waals surface area contributed by atoms with Crippen LogP contribution in [0, 0.1) is 0 Å². The first-order valence-electron chi connectivity index (χ1n) is 6.24. The van der Waals surface area contributed by atoms with Crippen molar-refractivity contribution >= 4 is 17.5 Å². The number of nitrogen functional groups attached to an aromatic ring is 1. The van der Waals surface area contributed by atoms with Crippen molar-refractivity contribution in [2.24, 2.45) is 0 Å². The van der Waals surface area contributed by atoms with Gasteiger partial charge in [0.15, 0.2) is 0 Å². The molecule has 2 unspecified atom stereocenters. The molecule has 0 aliphatic carbocycles. The van der Waals surface area contributed by atoms with E-state index < -0.39 is 12.3 Å². The average Bonchev–Trinajstić information content (AvgIpc) is 2.69. The summed E-state index contributed by atoms with van der Waals surface area (Å²) < 4.78 is 0. The zero-order valence-electron chi connectivity index (χ0n) is 10.3. The van der Waals surface area contributed by atoms with Gasteiger partial charge >= 0.3 is 0 Å². The minimum Gasteiger partial charge on any atom is -0.398 e. The molecule has 1 aromatic rings. The smallest absolute Gasteiger partial charge is 0.255 e. The van der Waals surface area contributed by atoms with Crippen molar-refractivity contribution in [3.63, 3.8) is 0 Å². The van der Waals surface area contributed by atoms with Crippen LogP contribution in [0.5, 0.6) is 0 Å². The molecular formula is C13H15N3O3. The number of aliphatic hydroxyl groups is 1. The first-order chi connectivity index (χ1) is 9.08. The molecule has 4 N–H and O–H groups in total. The quantitative estimate of drug-likeness (QED) is 0.611. The van der Waals surface area contributed by atoms with Gasteiger partial charge in [-0.1, -0.05) is 6.07 Å². The Balaban J connectivity index is 1.88. The van der Waals surface area contributed by atoms with Crippen LogP contribution in [0.1, 0.15) is 28.8 Å². The Hall–Kier alpha value is -2.08. The van der Waals surface area contributed by atoms with Crippen LogP contribution in [-0.4, -0.2) is 34.1 Å². The van der Waals surface area contributed by atoms with E-state index in [1.54, 1.807) is 18.2 Å². The third-order valence-electron chi connectivity index (χ3n) is 3.73. The molecule has 1 fully saturated rings. The lowest BCUT2D eigenvalue weighted by atomic mass is 10.0. The highest BCUT2D eigenvalue weighted by Crippen LogP contribution is 2.30. The van der Waals surface area contributed by atoms with Crippen LogP contribution in [0.3, 0.4) is 0 Å². The van der Waals surface area contributed by atoms with Gasteiger partial charge in [0, 0.05) is 23.4 Å². The van der Waals surface area contributed by atoms with Gasteiger partial charge in [-0.3, -0.25) is 9.59 Å². The third kappa shape index (κ3) is 1.84. The highest BCUT2D eigenvalue weighted by molar-refractivity contribution is 6.02. The maximum Gasteiger partial charge on any atom is 0.255 e. The largest absolute Gasteiger partial charge is 0.398 e. The van der Waals surface area contributed by atoms with Crippen molar-refractivity contribution in [3.05, 3.63) is 29.3 Å². The van der Waals surface area contributed by atoms with Crippen LogP contribution in [0.4, 0.5) is 5.69 Å². The minimum atomic E-state index is -0.811. The fourth-order valence-electron chi connectivity index (χ4n) is 2.71. The number of carbonyl (C=O) groups excluding carboxylic acids is 2. The Morgan fingerprint density at radius 1 is 1.32 bits per heavy atom. The van der Waals surface area contributed by atoms with Gasteiger partial charge in [-0.2, -0.15) is 0 Å². The maximum absolute atomic E-state index is 12.3. The summed E-state index contributed by atoms with van der Waals surface area (Å²) in [6.45, 7) is 0.356. The van der Waals surface area contributed by atoms with Crippen LogP contribution >= 0.6 is 0 Å². The van der Waals surface area contributed by atoms with Crippen molar-refractivity contribution in [1.29, 1.82) is 0 Å². The molecule has 0 radical (unpaired) electrons. The number of carbonyl (C=O) groups is 2. The average molecular weight is 261 g/mol. The molecule has 3 rings (SSSR count). The Labute approximate surface area is 110 Å². The van der Waals surface area contributed by atoms with Crippen molar-refractivity contribution in [1.82, 2.24) is 10.2 Å². The number of rotatable bonds is 1. The van der Waals surface area contributed by atoms with E-state index in [4.69, 9.17) is 5.73 Å². The van der Waals surface area contributed by atoms with Gasteiger partial charge in [-0.15, -0.1) is 0 Å². The molecule has 2 atom stereocenters. The number of hydrogen-bond acceptors (Lipinski definition) is 4. The Bertz CT molecular complexity index is 558. The second-order valence-electron chi connectivity index (χ2n) is 4.92. The summed E-state index contributed by atoms with van der Waals surface area (Å²) in [4.78, 5) is 25.7. The van der Waals surface area contributed by atoms with Crippen molar-refractivity contribution in [2.45, 2.75) is 31.7 Å². The number of benzene rings is 1. The lowest BCUT2D eigenvalue weighted by molar-refractivity contribution is -0.132. The van der Waals surface area contributed by atoms with Crippen molar-refractivity contribution in [3.8, 4) is 0 Å². The molecule has 1 aromatic carbocycles. The first kappa shape index (κ1) is 12.0. The molecule has 2 amide bonds. The lowest BCUT2D eigenvalue weighted by Crippen LogP contribution is -2.54. The topological polar surface area (TPSA) is 95.7 Å². The summed E-state index contributed by atoms with van der Waals surface area (Å²) in [7, 11) is 0. The molecule has 2 aliphatic rings. The molecule has 6 heteroatoms. The van der Waals surface area contributed by atoms with Gasteiger partial charge in [0.1, 0.15) is 12.3 Å². The zero-order chi connectivity index (χ0) is 13.6. The van der Waals surface area contributed by atoms with E-state index in [0.717, 1.165) is 5.56 Å². The number of fused-ring (bicyclic) bond motifs is 1. The fraction of sp³-hybridized carbons (Fsp3) is 0.385. The van der Waals surface area contributed by atoms with E-state index in [1.807, 2.05) is 0 Å². The second kappa shape index (κ2) is 4.24. The number of nitrogens with one attached hydrogen (secondary N) is 1. The van der Waals surface area contributed by atoms with Crippen LogP contribution in [0.2, 0.25) is 0 Å². The monoisotopic (exact) mass is 261 g/mol. The number of hydrogen-bond donors (Lipinski definition) is 3. The normalized spacial score (nSPS) is 26.3. The van der Waals surface area contributed by atoms with Crippen molar-refractivity contribution in [2.75, 3.05) is 5.73 Å². The van der Waals surface area contributed by atoms with Gasteiger partial charge in [0.2, 0.25) is 5.91 Å². The van der Waals surface area contributed by atoms with E-state index in [-0.39, 0.29) is 11.8 Å². The molecule has 0 bridgehead atoms. The number of nitrogens with two attached hydrogens (primary N) is 1. The lowest BCUT2D eigenvalue weighted by Gasteiger charge is -2.32. The Morgan fingerprint density at radius 3 is 2.79 bits per heavy atom. The number of anilines is 1. The summed E-state index contributed by atoms with van der Waals surface area (Å²) in [6.07, 6.45) is 0.104. The molecule has 2 heterocycles. The summed E-state index contributed by atoms with van der Waals surface area (Å²) >= 11 is 0. The number of nitrogens with zero attached hydrogens (tertiary/aromatic N) is 1. The molecular weight excluding hydrogens is 246 g/mol. The molecule has 100 valence electrons. The van der Waals surface area contributed by atoms with Crippen molar-refractivity contribution < 1.29 is 14.7 Å². The van der Waals surface area contributed by atoms with Gasteiger partial charge < -0.3 is 21.1 Å². The van der Waals surface area contributed by atoms with E-state index in [9.17, 15) is 14.7 Å². The van der Waals surface area contributed by atoms with Crippen LogP contribution in [-0.2, 0) is 11.3 Å². The molecule has 0 spiro atoms. The molecule has 6 nitrogen and oxygen atoms in total. The van der Waals surface area contributed by atoms with Gasteiger partial charge in [0.05, 0.1) is 0 Å². The number of aliphatic hydroxyl groups excluding tert-OH is 1. The Kier molecular flexibility index (Phi) is 2.67. The predicted molar refractivity (Wildman–Crippen MR) is 67.9 cm³/mol. The van der Waals surface area contributed by atoms with Gasteiger partial charge in [-0.05, 0) is 25.0 Å². The Morgan fingerprint density at radius 2 is 2.11 bits per heavy atom. The number of amides is 2. The standard InChI is InChI=1S/C13H15N3O3/c14-9-3-1-2-7-8(9)6-16(13(7)19)10-4-5-11(17)15-12(10)18/h1-3,10-11,17H,4-6,14H2,(H,15,18). The van der Waals surface area contributed by atoms with Gasteiger partial charge in [0.25, 0.3) is 5.91 Å². The van der Waals surface area contributed by atoms with Gasteiger partial charge in [-0.25, -0.2) is 0 Å². The second-order valence-corrected chi connectivity index (χ2v) is 4.92. The first-order valence-corrected chi connectivity index (χ1v) is 6.24. The van der Waals surface area contributed by atoms with Crippen LogP contribution < -0.4 is 11.1 Å². The minimum absolute atomic E-state index is 0.168. The highest BCUT2D eigenvalue weighted by Gasteiger charge is 2.39. The summed E-state index contributed by atoms with van der Waals surface area (Å²) in [6, 6.07) is 4.69. The highest BCUT2D eigenvalue weighted by atomic mass is 16.3. The molecule has 0 saturated carbocycles.